The molecule has 1 unspecified atom stereocenters. The van der Waals surface area contributed by atoms with Crippen LogP contribution in [-0.2, 0) is 4.79 Å². The molecule has 1 aromatic rings. The number of benzene rings is 1. The Hall–Kier alpha value is -1.92. The Bertz CT molecular complexity index is 510. The maximum absolute atomic E-state index is 12.0. The van der Waals surface area contributed by atoms with Crippen LogP contribution in [-0.4, -0.2) is 36.6 Å². The average Bonchev–Trinajstić information content (AvgIpc) is 2.46. The summed E-state index contributed by atoms with van der Waals surface area (Å²) in [6.07, 6.45) is 2.47. The van der Waals surface area contributed by atoms with Gasteiger partial charge in [-0.05, 0) is 43.5 Å². The predicted molar refractivity (Wildman–Crippen MR) is 86.5 cm³/mol. The van der Waals surface area contributed by atoms with Gasteiger partial charge in [0.25, 0.3) is 5.91 Å². The van der Waals surface area contributed by atoms with Crippen LogP contribution < -0.4 is 16.4 Å². The molecule has 1 aromatic carbocycles. The maximum Gasteiger partial charge on any atom is 0.264 e. The minimum atomic E-state index is -1.95. The first-order chi connectivity index (χ1) is 10.2. The van der Waals surface area contributed by atoms with Crippen LogP contribution in [0.15, 0.2) is 24.3 Å². The van der Waals surface area contributed by atoms with E-state index in [0.29, 0.717) is 31.2 Å². The summed E-state index contributed by atoms with van der Waals surface area (Å²) in [6.45, 7) is 0. The Morgan fingerprint density at radius 1 is 1.14 bits per heavy atom. The second kappa shape index (κ2) is 7.91. The fourth-order valence-electron chi connectivity index (χ4n) is 2.07. The molecule has 0 heterocycles. The van der Waals surface area contributed by atoms with Crippen molar-refractivity contribution in [3.63, 3.8) is 0 Å². The Morgan fingerprint density at radius 2 is 1.73 bits per heavy atom. The van der Waals surface area contributed by atoms with Crippen molar-refractivity contribution in [2.75, 3.05) is 19.0 Å². The van der Waals surface area contributed by atoms with E-state index in [2.05, 4.69) is 0 Å². The predicted octanol–water partition coefficient (Wildman–Crippen LogP) is 1.02. The number of aliphatic hydroxyl groups is 1. The van der Waals surface area contributed by atoms with E-state index in [9.17, 15) is 14.7 Å². The van der Waals surface area contributed by atoms with Gasteiger partial charge in [-0.2, -0.15) is 0 Å². The van der Waals surface area contributed by atoms with Gasteiger partial charge < -0.3 is 15.7 Å². The first kappa shape index (κ1) is 18.1. The summed E-state index contributed by atoms with van der Waals surface area (Å²) in [5.41, 5.74) is 10.1. The highest BCUT2D eigenvalue weighted by Crippen LogP contribution is 2.16. The molecule has 0 fully saturated rings. The highest BCUT2D eigenvalue weighted by molar-refractivity contribution is 5.96. The fraction of sp³-hybridized carbons (Fsp3) is 0.500. The van der Waals surface area contributed by atoms with E-state index in [1.165, 1.54) is 0 Å². The number of nitrogens with two attached hydrogens (primary N) is 2. The number of hydrogen-bond acceptors (Lipinski definition) is 5. The monoisotopic (exact) mass is 307 g/mol. The molecule has 0 aromatic heterocycles. The Kier molecular flexibility index (Phi) is 6.52. The molecule has 122 valence electrons. The zero-order valence-electron chi connectivity index (χ0n) is 13.2. The summed E-state index contributed by atoms with van der Waals surface area (Å²) < 4.78 is 0. The SMILES string of the molecule is CN(C)c1ccc(C(=O)CCCCCC(N)(O)C(N)=O)cc1. The van der Waals surface area contributed by atoms with Crippen LogP contribution in [0.4, 0.5) is 5.69 Å². The van der Waals surface area contributed by atoms with E-state index in [0.717, 1.165) is 5.69 Å². The normalized spacial score (nSPS) is 13.5. The lowest BCUT2D eigenvalue weighted by Crippen LogP contribution is -2.51. The van der Waals surface area contributed by atoms with Gasteiger partial charge in [-0.1, -0.05) is 6.42 Å². The molecule has 0 spiro atoms. The van der Waals surface area contributed by atoms with E-state index < -0.39 is 11.6 Å². The van der Waals surface area contributed by atoms with Gasteiger partial charge in [0.2, 0.25) is 0 Å². The number of ketones is 1. The lowest BCUT2D eigenvalue weighted by molar-refractivity contribution is -0.136. The van der Waals surface area contributed by atoms with Gasteiger partial charge in [0.15, 0.2) is 11.5 Å². The largest absolute Gasteiger partial charge is 0.378 e. The van der Waals surface area contributed by atoms with Crippen LogP contribution in [0.2, 0.25) is 0 Å². The fourth-order valence-corrected chi connectivity index (χ4v) is 2.07. The number of carbonyl (C=O) groups is 2. The van der Waals surface area contributed by atoms with Crippen molar-refractivity contribution in [1.29, 1.82) is 0 Å². The molecule has 6 nitrogen and oxygen atoms in total. The van der Waals surface area contributed by atoms with Crippen molar-refractivity contribution < 1.29 is 14.7 Å². The number of unbranched alkanes of at least 4 members (excludes halogenated alkanes) is 2. The number of hydrogen-bond donors (Lipinski definition) is 3. The zero-order valence-corrected chi connectivity index (χ0v) is 13.2. The van der Waals surface area contributed by atoms with Gasteiger partial charge in [0.05, 0.1) is 0 Å². The van der Waals surface area contributed by atoms with Crippen LogP contribution in [0, 0.1) is 0 Å². The van der Waals surface area contributed by atoms with Gasteiger partial charge >= 0.3 is 0 Å². The number of primary amides is 1. The molecule has 0 aliphatic heterocycles. The number of carbonyl (C=O) groups excluding carboxylic acids is 2. The van der Waals surface area contributed by atoms with Crippen molar-refractivity contribution in [2.45, 2.75) is 37.8 Å². The van der Waals surface area contributed by atoms with Crippen molar-refractivity contribution >= 4 is 17.4 Å². The summed E-state index contributed by atoms with van der Waals surface area (Å²) in [7, 11) is 3.89. The molecular weight excluding hydrogens is 282 g/mol. The Morgan fingerprint density at radius 3 is 2.23 bits per heavy atom. The molecule has 0 saturated heterocycles. The topological polar surface area (TPSA) is 110 Å². The van der Waals surface area contributed by atoms with Crippen molar-refractivity contribution in [1.82, 2.24) is 0 Å². The summed E-state index contributed by atoms with van der Waals surface area (Å²) >= 11 is 0. The smallest absolute Gasteiger partial charge is 0.264 e. The lowest BCUT2D eigenvalue weighted by Gasteiger charge is -2.18. The third kappa shape index (κ3) is 5.46. The molecule has 5 N–H and O–H groups in total. The van der Waals surface area contributed by atoms with Crippen LogP contribution in [0.25, 0.3) is 0 Å². The van der Waals surface area contributed by atoms with E-state index in [4.69, 9.17) is 11.5 Å². The van der Waals surface area contributed by atoms with Gasteiger partial charge in [-0.3, -0.25) is 15.3 Å². The van der Waals surface area contributed by atoms with Crippen molar-refractivity contribution in [2.24, 2.45) is 11.5 Å². The van der Waals surface area contributed by atoms with E-state index >= 15 is 0 Å². The molecule has 0 aliphatic carbocycles. The average molecular weight is 307 g/mol. The second-order valence-electron chi connectivity index (χ2n) is 5.71. The van der Waals surface area contributed by atoms with Crippen LogP contribution in [0.3, 0.4) is 0 Å². The van der Waals surface area contributed by atoms with Crippen LogP contribution >= 0.6 is 0 Å². The molecule has 1 atom stereocenters. The third-order valence-corrected chi connectivity index (χ3v) is 3.59. The number of nitrogens with zero attached hydrogens (tertiary/aromatic N) is 1. The van der Waals surface area contributed by atoms with E-state index in [1.807, 2.05) is 43.3 Å². The zero-order chi connectivity index (χ0) is 16.8. The molecular formula is C16H25N3O3. The summed E-state index contributed by atoms with van der Waals surface area (Å²) in [5, 5.41) is 9.48. The number of rotatable bonds is 9. The molecule has 0 aliphatic rings. The lowest BCUT2D eigenvalue weighted by atomic mass is 10.0. The summed E-state index contributed by atoms with van der Waals surface area (Å²) in [6, 6.07) is 7.47. The third-order valence-electron chi connectivity index (χ3n) is 3.59. The van der Waals surface area contributed by atoms with Gasteiger partial charge in [0, 0.05) is 31.8 Å². The summed E-state index contributed by atoms with van der Waals surface area (Å²) in [4.78, 5) is 24.8. The van der Waals surface area contributed by atoms with Crippen molar-refractivity contribution in [3.8, 4) is 0 Å². The minimum absolute atomic E-state index is 0.0863. The second-order valence-corrected chi connectivity index (χ2v) is 5.71. The molecule has 0 saturated carbocycles. The maximum atomic E-state index is 12.0. The summed E-state index contributed by atoms with van der Waals surface area (Å²) in [5.74, 6) is -0.840. The van der Waals surface area contributed by atoms with Crippen LogP contribution in [0.5, 0.6) is 0 Å². The Balaban J connectivity index is 2.33. The first-order valence-corrected chi connectivity index (χ1v) is 7.36. The molecule has 1 rings (SSSR count). The minimum Gasteiger partial charge on any atom is -0.378 e. The molecule has 0 bridgehead atoms. The van der Waals surface area contributed by atoms with Crippen molar-refractivity contribution in [3.05, 3.63) is 29.8 Å². The molecule has 6 heteroatoms. The van der Waals surface area contributed by atoms with E-state index in [1.54, 1.807) is 0 Å². The van der Waals surface area contributed by atoms with Crippen LogP contribution in [0.1, 0.15) is 42.5 Å². The molecule has 0 radical (unpaired) electrons. The van der Waals surface area contributed by atoms with Gasteiger partial charge in [-0.15, -0.1) is 0 Å². The van der Waals surface area contributed by atoms with E-state index in [-0.39, 0.29) is 12.2 Å². The van der Waals surface area contributed by atoms with Gasteiger partial charge in [-0.25, -0.2) is 0 Å². The number of amides is 1. The van der Waals surface area contributed by atoms with Gasteiger partial charge in [0.1, 0.15) is 0 Å². The number of anilines is 1. The standard InChI is InChI=1S/C16H25N3O3/c1-19(2)13-9-7-12(8-10-13)14(20)6-4-3-5-11-16(18,22)15(17)21/h7-10,22H,3-6,11,18H2,1-2H3,(H2,17,21). The highest BCUT2D eigenvalue weighted by Gasteiger charge is 2.27. The Labute approximate surface area is 131 Å². The number of Topliss-reactive ketones (excluding diaryl/α,β-unsaturated/α-hetero) is 1. The first-order valence-electron chi connectivity index (χ1n) is 7.36. The molecule has 1 amide bonds. The highest BCUT2D eigenvalue weighted by atomic mass is 16.3. The molecule has 22 heavy (non-hydrogen) atoms. The quantitative estimate of drug-likeness (QED) is 0.358.